The smallest absolute Gasteiger partial charge is 0.157 e. The summed E-state index contributed by atoms with van der Waals surface area (Å²) >= 11 is 0. The van der Waals surface area contributed by atoms with Gasteiger partial charge in [-0.1, -0.05) is 20.8 Å². The summed E-state index contributed by atoms with van der Waals surface area (Å²) in [4.78, 5) is 8.77. The molecule has 0 aliphatic heterocycles. The maximum Gasteiger partial charge on any atom is 0.157 e. The molecule has 90 valence electrons. The minimum Gasteiger partial charge on any atom is -0.373 e. The highest BCUT2D eigenvalue weighted by Crippen LogP contribution is 2.33. The third kappa shape index (κ3) is 3.25. The fourth-order valence-electron chi connectivity index (χ4n) is 1.67. The second kappa shape index (κ2) is 5.37. The van der Waals surface area contributed by atoms with Crippen LogP contribution in [0.3, 0.4) is 0 Å². The monoisotopic (exact) mass is 223 g/mol. The number of rotatable bonds is 4. The lowest BCUT2D eigenvalue weighted by molar-refractivity contribution is 0.00850. The summed E-state index contributed by atoms with van der Waals surface area (Å²) in [5.41, 5.74) is 6.47. The summed E-state index contributed by atoms with van der Waals surface area (Å²) in [6.45, 7) is 6.93. The number of methoxy groups -OCH3 is 1. The van der Waals surface area contributed by atoms with E-state index in [9.17, 15) is 0 Å². The van der Waals surface area contributed by atoms with Crippen LogP contribution in [0.25, 0.3) is 0 Å². The molecule has 0 saturated heterocycles. The van der Waals surface area contributed by atoms with E-state index in [1.807, 2.05) is 6.07 Å². The van der Waals surface area contributed by atoms with E-state index in [1.165, 1.54) is 0 Å². The van der Waals surface area contributed by atoms with Crippen molar-refractivity contribution in [2.45, 2.75) is 33.3 Å². The molecule has 0 spiro atoms. The molecular formula is C12H21N3O. The van der Waals surface area contributed by atoms with Crippen LogP contribution in [0.2, 0.25) is 0 Å². The zero-order chi connectivity index (χ0) is 12.2. The van der Waals surface area contributed by atoms with Crippen LogP contribution in [-0.4, -0.2) is 23.6 Å². The van der Waals surface area contributed by atoms with Gasteiger partial charge in [0.05, 0.1) is 0 Å². The van der Waals surface area contributed by atoms with E-state index in [0.717, 1.165) is 17.9 Å². The second-order valence-corrected chi connectivity index (χ2v) is 4.93. The lowest BCUT2D eigenvalue weighted by atomic mass is 9.88. The summed E-state index contributed by atoms with van der Waals surface area (Å²) in [5, 5.41) is 0. The Labute approximate surface area is 97.2 Å². The molecule has 0 radical (unpaired) electrons. The third-order valence-electron chi connectivity index (χ3n) is 2.39. The van der Waals surface area contributed by atoms with Crippen LogP contribution in [0.4, 0.5) is 0 Å². The van der Waals surface area contributed by atoms with Crippen LogP contribution in [0.1, 0.15) is 38.4 Å². The molecule has 0 aliphatic carbocycles. The Morgan fingerprint density at radius 2 is 2.12 bits per heavy atom. The van der Waals surface area contributed by atoms with E-state index in [-0.39, 0.29) is 11.5 Å². The molecule has 4 nitrogen and oxygen atoms in total. The molecule has 1 rings (SSSR count). The summed E-state index contributed by atoms with van der Waals surface area (Å²) in [6.07, 6.45) is 2.45. The first kappa shape index (κ1) is 13.1. The third-order valence-corrected chi connectivity index (χ3v) is 2.39. The molecule has 1 aromatic heterocycles. The van der Waals surface area contributed by atoms with Crippen molar-refractivity contribution in [2.24, 2.45) is 11.1 Å². The number of nitrogens with zero attached hydrogens (tertiary/aromatic N) is 2. The molecule has 1 aromatic rings. The van der Waals surface area contributed by atoms with Crippen molar-refractivity contribution in [1.29, 1.82) is 0 Å². The normalized spacial score (nSPS) is 13.8. The molecule has 1 unspecified atom stereocenters. The largest absolute Gasteiger partial charge is 0.373 e. The highest BCUT2D eigenvalue weighted by atomic mass is 16.5. The van der Waals surface area contributed by atoms with E-state index < -0.39 is 0 Å². The Bertz CT molecular complexity index is 333. The topological polar surface area (TPSA) is 61.0 Å². The highest BCUT2D eigenvalue weighted by molar-refractivity contribution is 5.06. The van der Waals surface area contributed by atoms with Crippen molar-refractivity contribution in [3.63, 3.8) is 0 Å². The highest BCUT2D eigenvalue weighted by Gasteiger charge is 2.28. The summed E-state index contributed by atoms with van der Waals surface area (Å²) in [6, 6.07) is 1.89. The molecule has 0 saturated carbocycles. The lowest BCUT2D eigenvalue weighted by Crippen LogP contribution is -2.23. The molecule has 1 heterocycles. The van der Waals surface area contributed by atoms with Crippen molar-refractivity contribution in [3.8, 4) is 0 Å². The number of aromatic nitrogens is 2. The summed E-state index contributed by atoms with van der Waals surface area (Å²) < 4.78 is 5.48. The van der Waals surface area contributed by atoms with Gasteiger partial charge in [-0.25, -0.2) is 9.97 Å². The quantitative estimate of drug-likeness (QED) is 0.844. The van der Waals surface area contributed by atoms with E-state index >= 15 is 0 Å². The number of nitrogens with two attached hydrogens (primary N) is 1. The first-order chi connectivity index (χ1) is 7.49. The summed E-state index contributed by atoms with van der Waals surface area (Å²) in [7, 11) is 1.69. The maximum atomic E-state index is 5.51. The number of ether oxygens (including phenoxy) is 1. The zero-order valence-electron chi connectivity index (χ0n) is 10.5. The van der Waals surface area contributed by atoms with Gasteiger partial charge in [0.2, 0.25) is 0 Å². The average molecular weight is 223 g/mol. The molecule has 0 aliphatic rings. The fraction of sp³-hybridized carbons (Fsp3) is 0.667. The standard InChI is InChI=1S/C12H21N3O/c1-12(2,3)10(16-4)11-14-8-6-9(15-11)5-7-13/h6,8,10H,5,7,13H2,1-4H3. The van der Waals surface area contributed by atoms with Crippen LogP contribution < -0.4 is 5.73 Å². The lowest BCUT2D eigenvalue weighted by Gasteiger charge is -2.28. The van der Waals surface area contributed by atoms with Gasteiger partial charge in [-0.3, -0.25) is 0 Å². The molecule has 2 N–H and O–H groups in total. The van der Waals surface area contributed by atoms with Crippen molar-refractivity contribution < 1.29 is 4.74 Å². The Morgan fingerprint density at radius 1 is 1.44 bits per heavy atom. The Kier molecular flexibility index (Phi) is 4.38. The van der Waals surface area contributed by atoms with E-state index in [0.29, 0.717) is 6.54 Å². The van der Waals surface area contributed by atoms with Crippen molar-refractivity contribution in [1.82, 2.24) is 9.97 Å². The van der Waals surface area contributed by atoms with E-state index in [1.54, 1.807) is 13.3 Å². The van der Waals surface area contributed by atoms with Crippen LogP contribution in [0.15, 0.2) is 12.3 Å². The van der Waals surface area contributed by atoms with Crippen molar-refractivity contribution in [2.75, 3.05) is 13.7 Å². The van der Waals surface area contributed by atoms with Gasteiger partial charge in [0.25, 0.3) is 0 Å². The average Bonchev–Trinajstić information content (AvgIpc) is 2.17. The van der Waals surface area contributed by atoms with Gasteiger partial charge in [-0.05, 0) is 18.0 Å². The van der Waals surface area contributed by atoms with Gasteiger partial charge >= 0.3 is 0 Å². The molecule has 0 amide bonds. The van der Waals surface area contributed by atoms with Crippen LogP contribution in [0, 0.1) is 5.41 Å². The van der Waals surface area contributed by atoms with Crippen LogP contribution >= 0.6 is 0 Å². The van der Waals surface area contributed by atoms with Crippen LogP contribution in [0.5, 0.6) is 0 Å². The summed E-state index contributed by atoms with van der Waals surface area (Å²) in [5.74, 6) is 0.737. The predicted molar refractivity (Wildman–Crippen MR) is 64.0 cm³/mol. The Hall–Kier alpha value is -1.00. The predicted octanol–water partition coefficient (Wildman–Crippen LogP) is 1.71. The van der Waals surface area contributed by atoms with Gasteiger partial charge in [-0.2, -0.15) is 0 Å². The Morgan fingerprint density at radius 3 is 2.62 bits per heavy atom. The van der Waals surface area contributed by atoms with Gasteiger partial charge in [-0.15, -0.1) is 0 Å². The number of hydrogen-bond acceptors (Lipinski definition) is 4. The minimum atomic E-state index is -0.0924. The molecular weight excluding hydrogens is 202 g/mol. The number of hydrogen-bond donors (Lipinski definition) is 1. The van der Waals surface area contributed by atoms with Gasteiger partial charge in [0.15, 0.2) is 5.82 Å². The molecule has 0 aromatic carbocycles. The first-order valence-corrected chi connectivity index (χ1v) is 5.53. The van der Waals surface area contributed by atoms with Gasteiger partial charge in [0, 0.05) is 25.4 Å². The maximum absolute atomic E-state index is 5.51. The van der Waals surface area contributed by atoms with Crippen LogP contribution in [-0.2, 0) is 11.2 Å². The minimum absolute atomic E-state index is 0.0178. The van der Waals surface area contributed by atoms with Crippen molar-refractivity contribution in [3.05, 3.63) is 23.8 Å². The van der Waals surface area contributed by atoms with Crippen molar-refractivity contribution >= 4 is 0 Å². The molecule has 0 bridgehead atoms. The molecule has 0 fully saturated rings. The molecule has 16 heavy (non-hydrogen) atoms. The van der Waals surface area contributed by atoms with E-state index in [4.69, 9.17) is 10.5 Å². The molecule has 1 atom stereocenters. The fourth-order valence-corrected chi connectivity index (χ4v) is 1.67. The van der Waals surface area contributed by atoms with E-state index in [2.05, 4.69) is 30.7 Å². The zero-order valence-corrected chi connectivity index (χ0v) is 10.5. The molecule has 4 heteroatoms. The van der Waals surface area contributed by atoms with Gasteiger partial charge < -0.3 is 10.5 Å². The van der Waals surface area contributed by atoms with Gasteiger partial charge in [0.1, 0.15) is 6.10 Å². The second-order valence-electron chi connectivity index (χ2n) is 4.93. The first-order valence-electron chi connectivity index (χ1n) is 5.53. The SMILES string of the molecule is COC(c1nccc(CCN)n1)C(C)(C)C. The Balaban J connectivity index is 2.97.